The molecular weight excluding hydrogens is 397 g/mol. The molecule has 0 spiro atoms. The fourth-order valence-corrected chi connectivity index (χ4v) is 4.79. The van der Waals surface area contributed by atoms with Crippen LogP contribution in [0.2, 0.25) is 10.0 Å². The van der Waals surface area contributed by atoms with Gasteiger partial charge in [0.15, 0.2) is 4.58 Å². The maximum absolute atomic E-state index is 12.1. The smallest absolute Gasteiger partial charge is 0.306 e. The summed E-state index contributed by atoms with van der Waals surface area (Å²) in [5.41, 5.74) is 0.152. The summed E-state index contributed by atoms with van der Waals surface area (Å²) in [5, 5.41) is 6.47. The number of halogens is 2. The zero-order valence-electron chi connectivity index (χ0n) is 12.3. The molecule has 1 aromatic carbocycles. The number of hydrogen-bond donors (Lipinski definition) is 3. The second kappa shape index (κ2) is 7.75. The minimum Gasteiger partial charge on any atom is -0.306 e. The molecule has 11 heteroatoms. The Bertz CT molecular complexity index is 811. The molecule has 1 aromatic rings. The van der Waals surface area contributed by atoms with Crippen molar-refractivity contribution < 1.29 is 18.0 Å². The molecule has 1 aliphatic rings. The standard InChI is InChI=1S/C13H13Cl2N3O4S2/c1-2-16-24(21,22)12-11(19)9(6-23-12)18-13(20)17-8-5-3-4-7(14)10(8)15/h3-6,12,16H,2H2,1H3,(H2,17,18,20). The van der Waals surface area contributed by atoms with Crippen LogP contribution in [-0.2, 0) is 14.8 Å². The Morgan fingerprint density at radius 1 is 1.29 bits per heavy atom. The third-order valence-electron chi connectivity index (χ3n) is 2.86. The molecule has 24 heavy (non-hydrogen) atoms. The molecule has 0 aromatic heterocycles. The Kier molecular flexibility index (Phi) is 6.16. The molecule has 0 bridgehead atoms. The summed E-state index contributed by atoms with van der Waals surface area (Å²) in [6, 6.07) is 3.95. The molecule has 0 aliphatic carbocycles. The summed E-state index contributed by atoms with van der Waals surface area (Å²) < 4.78 is 24.7. The number of sulfonamides is 1. The van der Waals surface area contributed by atoms with Crippen molar-refractivity contribution in [3.63, 3.8) is 0 Å². The van der Waals surface area contributed by atoms with Crippen molar-refractivity contribution in [3.05, 3.63) is 39.3 Å². The van der Waals surface area contributed by atoms with Crippen LogP contribution in [0.3, 0.4) is 0 Å². The van der Waals surface area contributed by atoms with Gasteiger partial charge in [-0.15, -0.1) is 11.8 Å². The first kappa shape index (κ1) is 19.1. The maximum atomic E-state index is 12.1. The van der Waals surface area contributed by atoms with Crippen LogP contribution in [0, 0.1) is 0 Å². The largest absolute Gasteiger partial charge is 0.323 e. The molecule has 1 aliphatic heterocycles. The number of ketones is 1. The first-order valence-electron chi connectivity index (χ1n) is 6.66. The Hall–Kier alpha value is -1.26. The van der Waals surface area contributed by atoms with Gasteiger partial charge >= 0.3 is 6.03 Å². The van der Waals surface area contributed by atoms with Gasteiger partial charge in [-0.3, -0.25) is 4.79 Å². The zero-order chi connectivity index (χ0) is 17.9. The van der Waals surface area contributed by atoms with E-state index in [2.05, 4.69) is 15.4 Å². The van der Waals surface area contributed by atoms with Gasteiger partial charge in [0.25, 0.3) is 0 Å². The second-order valence-corrected chi connectivity index (χ2v) is 8.50. The summed E-state index contributed by atoms with van der Waals surface area (Å²) in [7, 11) is -3.80. The fraction of sp³-hybridized carbons (Fsp3) is 0.231. The third kappa shape index (κ3) is 4.22. The van der Waals surface area contributed by atoms with E-state index in [0.29, 0.717) is 0 Å². The number of thioether (sulfide) groups is 1. The third-order valence-corrected chi connectivity index (χ3v) is 7.08. The predicted molar refractivity (Wildman–Crippen MR) is 95.7 cm³/mol. The van der Waals surface area contributed by atoms with Crippen LogP contribution in [0.15, 0.2) is 29.3 Å². The van der Waals surface area contributed by atoms with E-state index < -0.39 is 26.4 Å². The highest BCUT2D eigenvalue weighted by atomic mass is 35.5. The number of anilines is 1. The van der Waals surface area contributed by atoms with E-state index in [0.717, 1.165) is 11.8 Å². The Balaban J connectivity index is 2.03. The van der Waals surface area contributed by atoms with E-state index in [1.165, 1.54) is 11.5 Å². The lowest BCUT2D eigenvalue weighted by molar-refractivity contribution is -0.113. The molecular formula is C13H13Cl2N3O4S2. The summed E-state index contributed by atoms with van der Waals surface area (Å²) in [6.07, 6.45) is 0. The SMILES string of the molecule is CCNS(=O)(=O)C1SC=C(NC(=O)Nc2cccc(Cl)c2Cl)C1=O. The Labute approximate surface area is 153 Å². The van der Waals surface area contributed by atoms with Crippen molar-refractivity contribution >= 4 is 62.5 Å². The van der Waals surface area contributed by atoms with Gasteiger partial charge in [0.2, 0.25) is 15.8 Å². The highest BCUT2D eigenvalue weighted by molar-refractivity contribution is 8.16. The fourth-order valence-electron chi connectivity index (χ4n) is 1.83. The van der Waals surface area contributed by atoms with Gasteiger partial charge in [0.05, 0.1) is 21.4 Å². The predicted octanol–water partition coefficient (Wildman–Crippen LogP) is 2.54. The van der Waals surface area contributed by atoms with Crippen molar-refractivity contribution in [3.8, 4) is 0 Å². The zero-order valence-corrected chi connectivity index (χ0v) is 15.4. The number of Topliss-reactive ketones (excluding diaryl/α,β-unsaturated/α-hetero) is 1. The van der Waals surface area contributed by atoms with Gasteiger partial charge in [0, 0.05) is 12.0 Å². The first-order valence-corrected chi connectivity index (χ1v) is 9.91. The van der Waals surface area contributed by atoms with Gasteiger partial charge in [-0.2, -0.15) is 0 Å². The van der Waals surface area contributed by atoms with Gasteiger partial charge in [0.1, 0.15) is 0 Å². The average molecular weight is 410 g/mol. The molecule has 2 amide bonds. The average Bonchev–Trinajstić information content (AvgIpc) is 2.86. The molecule has 3 N–H and O–H groups in total. The number of carbonyl (C=O) groups excluding carboxylic acids is 2. The van der Waals surface area contributed by atoms with Crippen LogP contribution < -0.4 is 15.4 Å². The van der Waals surface area contributed by atoms with Crippen LogP contribution in [0.1, 0.15) is 6.92 Å². The van der Waals surface area contributed by atoms with Crippen molar-refractivity contribution in [2.45, 2.75) is 11.5 Å². The molecule has 2 rings (SSSR count). The van der Waals surface area contributed by atoms with Crippen LogP contribution in [0.4, 0.5) is 10.5 Å². The molecule has 130 valence electrons. The molecule has 0 saturated carbocycles. The van der Waals surface area contributed by atoms with Crippen LogP contribution in [-0.4, -0.2) is 31.4 Å². The van der Waals surface area contributed by atoms with Gasteiger partial charge < -0.3 is 10.6 Å². The van der Waals surface area contributed by atoms with Crippen LogP contribution >= 0.6 is 35.0 Å². The number of benzene rings is 1. The molecule has 0 radical (unpaired) electrons. The molecule has 0 fully saturated rings. The number of rotatable bonds is 5. The van der Waals surface area contributed by atoms with E-state index in [9.17, 15) is 18.0 Å². The molecule has 1 heterocycles. The molecule has 7 nitrogen and oxygen atoms in total. The lowest BCUT2D eigenvalue weighted by atomic mass is 10.3. The second-order valence-electron chi connectivity index (χ2n) is 4.59. The van der Waals surface area contributed by atoms with Crippen LogP contribution in [0.5, 0.6) is 0 Å². The first-order chi connectivity index (χ1) is 11.3. The number of urea groups is 1. The van der Waals surface area contributed by atoms with Gasteiger partial charge in [-0.1, -0.05) is 36.2 Å². The Morgan fingerprint density at radius 2 is 2.00 bits per heavy atom. The summed E-state index contributed by atoms with van der Waals surface area (Å²) in [4.78, 5) is 24.1. The topological polar surface area (TPSA) is 104 Å². The van der Waals surface area contributed by atoms with E-state index in [-0.39, 0.29) is 28.0 Å². The number of carbonyl (C=O) groups is 2. The maximum Gasteiger partial charge on any atom is 0.323 e. The highest BCUT2D eigenvalue weighted by Crippen LogP contribution is 2.31. The molecule has 0 saturated heterocycles. The lowest BCUT2D eigenvalue weighted by Crippen LogP contribution is -2.39. The quantitative estimate of drug-likeness (QED) is 0.692. The van der Waals surface area contributed by atoms with Gasteiger partial charge in [-0.25, -0.2) is 17.9 Å². The molecule has 1 unspecified atom stereocenters. The van der Waals surface area contributed by atoms with E-state index in [1.807, 2.05) is 0 Å². The van der Waals surface area contributed by atoms with E-state index in [1.54, 1.807) is 19.1 Å². The van der Waals surface area contributed by atoms with Crippen molar-refractivity contribution in [1.29, 1.82) is 0 Å². The number of nitrogens with one attached hydrogen (secondary N) is 3. The van der Waals surface area contributed by atoms with Crippen LogP contribution in [0.25, 0.3) is 0 Å². The lowest BCUT2D eigenvalue weighted by Gasteiger charge is -2.12. The van der Waals surface area contributed by atoms with Crippen molar-refractivity contribution in [2.24, 2.45) is 0 Å². The number of allylic oxidation sites excluding steroid dienone is 1. The monoisotopic (exact) mass is 409 g/mol. The molecule has 1 atom stereocenters. The summed E-state index contributed by atoms with van der Waals surface area (Å²) in [5.74, 6) is -0.701. The number of hydrogen-bond acceptors (Lipinski definition) is 5. The minimum atomic E-state index is -3.80. The highest BCUT2D eigenvalue weighted by Gasteiger charge is 2.39. The van der Waals surface area contributed by atoms with E-state index in [4.69, 9.17) is 23.2 Å². The Morgan fingerprint density at radius 3 is 2.67 bits per heavy atom. The minimum absolute atomic E-state index is 0.109. The summed E-state index contributed by atoms with van der Waals surface area (Å²) in [6.45, 7) is 1.78. The van der Waals surface area contributed by atoms with Crippen molar-refractivity contribution in [2.75, 3.05) is 11.9 Å². The number of amides is 2. The van der Waals surface area contributed by atoms with Crippen molar-refractivity contribution in [1.82, 2.24) is 10.0 Å². The van der Waals surface area contributed by atoms with Gasteiger partial charge in [-0.05, 0) is 12.1 Å². The summed E-state index contributed by atoms with van der Waals surface area (Å²) >= 11 is 12.6. The van der Waals surface area contributed by atoms with E-state index >= 15 is 0 Å². The normalized spacial score (nSPS) is 17.5.